The Kier molecular flexibility index (Phi) is 3.43. The van der Waals surface area contributed by atoms with Crippen LogP contribution in [-0.4, -0.2) is 24.3 Å². The quantitative estimate of drug-likeness (QED) is 0.851. The van der Waals surface area contributed by atoms with Crippen molar-refractivity contribution in [2.45, 2.75) is 26.3 Å². The Morgan fingerprint density at radius 1 is 1.39 bits per heavy atom. The van der Waals surface area contributed by atoms with Crippen molar-refractivity contribution in [3.05, 3.63) is 22.8 Å². The summed E-state index contributed by atoms with van der Waals surface area (Å²) in [6, 6.07) is 1.27. The molecule has 0 aliphatic carbocycles. The van der Waals surface area contributed by atoms with Gasteiger partial charge in [-0.15, -0.1) is 0 Å². The van der Waals surface area contributed by atoms with Crippen LogP contribution >= 0.6 is 0 Å². The van der Waals surface area contributed by atoms with Gasteiger partial charge in [-0.25, -0.2) is 0 Å². The van der Waals surface area contributed by atoms with Gasteiger partial charge in [0.25, 0.3) is 0 Å². The maximum atomic E-state index is 10.7. The van der Waals surface area contributed by atoms with Gasteiger partial charge in [0, 0.05) is 6.04 Å². The summed E-state index contributed by atoms with van der Waals surface area (Å²) in [6.45, 7) is 4.89. The van der Waals surface area contributed by atoms with Gasteiger partial charge in [0.05, 0.1) is 6.42 Å². The van der Waals surface area contributed by atoms with Gasteiger partial charge in [-0.2, -0.15) is 0 Å². The zero-order chi connectivity index (χ0) is 13.3. The van der Waals surface area contributed by atoms with Crippen molar-refractivity contribution in [1.82, 2.24) is 0 Å². The molecule has 0 bridgehead atoms. The van der Waals surface area contributed by atoms with E-state index in [0.29, 0.717) is 19.0 Å². The average molecular weight is 251 g/mol. The van der Waals surface area contributed by atoms with Crippen molar-refractivity contribution >= 4 is 5.97 Å². The third kappa shape index (κ3) is 2.26. The molecular weight excluding hydrogens is 234 g/mol. The molecule has 2 rings (SSSR count). The van der Waals surface area contributed by atoms with Crippen LogP contribution in [0.5, 0.6) is 11.5 Å². The number of nitrogens with two attached hydrogens (primary N) is 1. The van der Waals surface area contributed by atoms with Crippen LogP contribution in [-0.2, 0) is 4.79 Å². The number of carboxylic acid groups (broad SMARTS) is 1. The van der Waals surface area contributed by atoms with Crippen LogP contribution in [0, 0.1) is 13.8 Å². The van der Waals surface area contributed by atoms with Gasteiger partial charge in [0.2, 0.25) is 0 Å². The highest BCUT2D eigenvalue weighted by molar-refractivity contribution is 5.68. The van der Waals surface area contributed by atoms with Gasteiger partial charge in [-0.3, -0.25) is 4.79 Å². The van der Waals surface area contributed by atoms with E-state index < -0.39 is 12.0 Å². The van der Waals surface area contributed by atoms with Crippen LogP contribution in [0.1, 0.15) is 29.2 Å². The molecule has 1 aliphatic rings. The zero-order valence-corrected chi connectivity index (χ0v) is 10.5. The number of rotatable bonds is 3. The molecule has 98 valence electrons. The van der Waals surface area contributed by atoms with E-state index in [2.05, 4.69) is 0 Å². The van der Waals surface area contributed by atoms with E-state index in [9.17, 15) is 4.79 Å². The number of hydrogen-bond donors (Lipinski definition) is 2. The Hall–Kier alpha value is -1.75. The second-order valence-corrected chi connectivity index (χ2v) is 4.44. The standard InChI is InChI=1S/C13H17NO4/c1-7-8(2)13-11(17-3-4-18-13)5-9(7)10(14)6-12(15)16/h5,10H,3-4,6,14H2,1-2H3,(H,15,16). The molecular formula is C13H17NO4. The molecule has 1 heterocycles. The van der Waals surface area contributed by atoms with Gasteiger partial charge in [0.15, 0.2) is 11.5 Å². The zero-order valence-electron chi connectivity index (χ0n) is 10.5. The first-order valence-corrected chi connectivity index (χ1v) is 5.87. The van der Waals surface area contributed by atoms with E-state index in [1.807, 2.05) is 13.8 Å². The maximum Gasteiger partial charge on any atom is 0.305 e. The summed E-state index contributed by atoms with van der Waals surface area (Å²) in [5, 5.41) is 8.81. The molecule has 1 aromatic rings. The molecule has 1 atom stereocenters. The number of fused-ring (bicyclic) bond motifs is 1. The lowest BCUT2D eigenvalue weighted by Gasteiger charge is -2.24. The molecule has 3 N–H and O–H groups in total. The van der Waals surface area contributed by atoms with E-state index in [0.717, 1.165) is 22.4 Å². The fraction of sp³-hybridized carbons (Fsp3) is 0.462. The van der Waals surface area contributed by atoms with Crippen LogP contribution in [0.25, 0.3) is 0 Å². The van der Waals surface area contributed by atoms with E-state index in [1.165, 1.54) is 0 Å². The monoisotopic (exact) mass is 251 g/mol. The Bertz CT molecular complexity index is 484. The van der Waals surface area contributed by atoms with E-state index in [1.54, 1.807) is 6.07 Å². The van der Waals surface area contributed by atoms with Crippen molar-refractivity contribution in [1.29, 1.82) is 0 Å². The maximum absolute atomic E-state index is 10.7. The predicted molar refractivity (Wildman–Crippen MR) is 66.1 cm³/mol. The average Bonchev–Trinajstić information content (AvgIpc) is 2.33. The van der Waals surface area contributed by atoms with Crippen LogP contribution in [0.3, 0.4) is 0 Å². The Labute approximate surface area is 106 Å². The van der Waals surface area contributed by atoms with Gasteiger partial charge in [0.1, 0.15) is 13.2 Å². The first kappa shape index (κ1) is 12.7. The van der Waals surface area contributed by atoms with Crippen molar-refractivity contribution in [2.75, 3.05) is 13.2 Å². The van der Waals surface area contributed by atoms with Crippen molar-refractivity contribution < 1.29 is 19.4 Å². The number of benzene rings is 1. The summed E-state index contributed by atoms with van der Waals surface area (Å²) in [5.74, 6) is 0.486. The van der Waals surface area contributed by atoms with Gasteiger partial charge >= 0.3 is 5.97 Å². The third-order valence-electron chi connectivity index (χ3n) is 3.23. The molecule has 1 unspecified atom stereocenters. The largest absolute Gasteiger partial charge is 0.486 e. The molecule has 1 aromatic carbocycles. The summed E-state index contributed by atoms with van der Waals surface area (Å²) in [7, 11) is 0. The van der Waals surface area contributed by atoms with Gasteiger partial charge < -0.3 is 20.3 Å². The molecule has 0 amide bonds. The van der Waals surface area contributed by atoms with Gasteiger partial charge in [-0.05, 0) is 36.6 Å². The second kappa shape index (κ2) is 4.86. The molecule has 1 aliphatic heterocycles. The molecule has 0 fully saturated rings. The summed E-state index contributed by atoms with van der Waals surface area (Å²) in [6.07, 6.45) is -0.0973. The smallest absolute Gasteiger partial charge is 0.305 e. The van der Waals surface area contributed by atoms with E-state index >= 15 is 0 Å². The van der Waals surface area contributed by atoms with Gasteiger partial charge in [-0.1, -0.05) is 0 Å². The lowest BCUT2D eigenvalue weighted by Crippen LogP contribution is -2.20. The molecule has 0 saturated carbocycles. The Balaban J connectivity index is 2.42. The Morgan fingerprint density at radius 2 is 2.06 bits per heavy atom. The third-order valence-corrected chi connectivity index (χ3v) is 3.23. The normalized spacial score (nSPS) is 15.3. The highest BCUT2D eigenvalue weighted by Gasteiger charge is 2.22. The van der Waals surface area contributed by atoms with Crippen LogP contribution in [0.15, 0.2) is 6.07 Å². The Morgan fingerprint density at radius 3 is 2.72 bits per heavy atom. The minimum atomic E-state index is -0.908. The first-order chi connectivity index (χ1) is 8.50. The minimum Gasteiger partial charge on any atom is -0.486 e. The first-order valence-electron chi connectivity index (χ1n) is 5.87. The van der Waals surface area contributed by atoms with E-state index in [-0.39, 0.29) is 6.42 Å². The second-order valence-electron chi connectivity index (χ2n) is 4.44. The molecule has 0 aromatic heterocycles. The molecule has 5 nitrogen and oxygen atoms in total. The van der Waals surface area contributed by atoms with Crippen molar-refractivity contribution in [3.8, 4) is 11.5 Å². The number of hydrogen-bond acceptors (Lipinski definition) is 4. The molecule has 18 heavy (non-hydrogen) atoms. The topological polar surface area (TPSA) is 81.8 Å². The van der Waals surface area contributed by atoms with Crippen LogP contribution in [0.2, 0.25) is 0 Å². The molecule has 0 spiro atoms. The summed E-state index contributed by atoms with van der Waals surface area (Å²) in [4.78, 5) is 10.7. The highest BCUT2D eigenvalue weighted by atomic mass is 16.6. The predicted octanol–water partition coefficient (Wildman–Crippen LogP) is 1.55. The fourth-order valence-corrected chi connectivity index (χ4v) is 2.15. The van der Waals surface area contributed by atoms with E-state index in [4.69, 9.17) is 20.3 Å². The number of carbonyl (C=O) groups is 1. The summed E-state index contributed by atoms with van der Waals surface area (Å²) < 4.78 is 11.1. The molecule has 5 heteroatoms. The molecule has 0 radical (unpaired) electrons. The summed E-state index contributed by atoms with van der Waals surface area (Å²) >= 11 is 0. The molecule has 0 saturated heterocycles. The van der Waals surface area contributed by atoms with Crippen molar-refractivity contribution in [2.24, 2.45) is 5.73 Å². The minimum absolute atomic E-state index is 0.0973. The number of ether oxygens (including phenoxy) is 2. The summed E-state index contributed by atoms with van der Waals surface area (Å²) in [5.41, 5.74) is 8.65. The lowest BCUT2D eigenvalue weighted by atomic mass is 9.94. The van der Waals surface area contributed by atoms with Crippen LogP contribution < -0.4 is 15.2 Å². The van der Waals surface area contributed by atoms with Crippen LogP contribution in [0.4, 0.5) is 0 Å². The highest BCUT2D eigenvalue weighted by Crippen LogP contribution is 2.39. The number of aliphatic carboxylic acids is 1. The SMILES string of the molecule is Cc1c(C(N)CC(=O)O)cc2c(c1C)OCCO2. The number of carboxylic acids is 1. The van der Waals surface area contributed by atoms with Crippen molar-refractivity contribution in [3.63, 3.8) is 0 Å². The lowest BCUT2D eigenvalue weighted by molar-refractivity contribution is -0.137. The fourth-order valence-electron chi connectivity index (χ4n) is 2.15.